The molecule has 0 radical (unpaired) electrons. The zero-order valence-electron chi connectivity index (χ0n) is 9.55. The van der Waals surface area contributed by atoms with Gasteiger partial charge in [0, 0.05) is 17.7 Å². The highest BCUT2D eigenvalue weighted by Crippen LogP contribution is 2.28. The van der Waals surface area contributed by atoms with Crippen molar-refractivity contribution in [1.29, 1.82) is 0 Å². The summed E-state index contributed by atoms with van der Waals surface area (Å²) in [5, 5.41) is 10.5. The summed E-state index contributed by atoms with van der Waals surface area (Å²) in [6.45, 7) is 0. The van der Waals surface area contributed by atoms with E-state index in [2.05, 4.69) is 0 Å². The second-order valence-electron chi connectivity index (χ2n) is 3.78. The molecule has 0 saturated heterocycles. The summed E-state index contributed by atoms with van der Waals surface area (Å²) in [7, 11) is -4.34. The van der Waals surface area contributed by atoms with Gasteiger partial charge in [-0.3, -0.25) is 14.7 Å². The fourth-order valence-electron chi connectivity index (χ4n) is 1.69. The molecule has 7 heteroatoms. The summed E-state index contributed by atoms with van der Waals surface area (Å²) in [5.74, 6) is 0. The quantitative estimate of drug-likeness (QED) is 0.529. The van der Waals surface area contributed by atoms with E-state index in [9.17, 15) is 18.5 Å². The second-order valence-corrected chi connectivity index (χ2v) is 5.17. The Hall–Kier alpha value is -2.25. The average Bonchev–Trinajstić information content (AvgIpc) is 2.38. The summed E-state index contributed by atoms with van der Waals surface area (Å²) in [6, 6.07) is 11.3. The summed E-state index contributed by atoms with van der Waals surface area (Å²) < 4.78 is 31.6. The first kappa shape index (κ1) is 13.2. The van der Waals surface area contributed by atoms with Crippen LogP contribution in [0.4, 0.5) is 5.69 Å². The third kappa shape index (κ3) is 2.78. The maximum Gasteiger partial charge on any atom is 0.295 e. The largest absolute Gasteiger partial charge is 0.295 e. The van der Waals surface area contributed by atoms with E-state index in [-0.39, 0.29) is 10.6 Å². The lowest BCUT2D eigenvalue weighted by Gasteiger charge is -2.06. The Bertz CT molecular complexity index is 722. The maximum absolute atomic E-state index is 11.2. The lowest BCUT2D eigenvalue weighted by Crippen LogP contribution is -2.00. The molecule has 0 aromatic heterocycles. The molecule has 2 aromatic carbocycles. The van der Waals surface area contributed by atoms with Crippen LogP contribution < -0.4 is 0 Å². The van der Waals surface area contributed by atoms with E-state index in [1.165, 1.54) is 42.5 Å². The van der Waals surface area contributed by atoms with Crippen molar-refractivity contribution < 1.29 is 17.9 Å². The summed E-state index contributed by atoms with van der Waals surface area (Å²) >= 11 is 0. The van der Waals surface area contributed by atoms with Crippen LogP contribution in [0.25, 0.3) is 11.1 Å². The molecule has 2 rings (SSSR count). The van der Waals surface area contributed by atoms with Gasteiger partial charge in [0.2, 0.25) is 0 Å². The molecule has 2 aromatic rings. The van der Waals surface area contributed by atoms with Crippen LogP contribution in [-0.2, 0) is 10.1 Å². The Balaban J connectivity index is 2.57. The number of nitro benzene ring substituents is 1. The first-order valence-corrected chi connectivity index (χ1v) is 6.65. The molecule has 0 spiro atoms. The Morgan fingerprint density at radius 3 is 2.11 bits per heavy atom. The number of nitro groups is 1. The Kier molecular flexibility index (Phi) is 3.32. The van der Waals surface area contributed by atoms with Crippen molar-refractivity contribution in [3.8, 4) is 11.1 Å². The molecule has 0 amide bonds. The monoisotopic (exact) mass is 279 g/mol. The van der Waals surface area contributed by atoms with Crippen molar-refractivity contribution in [1.82, 2.24) is 0 Å². The zero-order valence-corrected chi connectivity index (χ0v) is 10.4. The number of hydrogen-bond acceptors (Lipinski definition) is 4. The molecule has 0 heterocycles. The fraction of sp³-hybridized carbons (Fsp3) is 0. The minimum absolute atomic E-state index is 0.0897. The van der Waals surface area contributed by atoms with Gasteiger partial charge in [-0.15, -0.1) is 0 Å². The van der Waals surface area contributed by atoms with E-state index in [0.29, 0.717) is 11.1 Å². The third-order valence-electron chi connectivity index (χ3n) is 2.55. The Labute approximate surface area is 109 Å². The van der Waals surface area contributed by atoms with Crippen molar-refractivity contribution in [2.75, 3.05) is 0 Å². The predicted octanol–water partition coefficient (Wildman–Crippen LogP) is 2.51. The van der Waals surface area contributed by atoms with Crippen molar-refractivity contribution in [3.05, 3.63) is 58.6 Å². The van der Waals surface area contributed by atoms with E-state index < -0.39 is 15.0 Å². The van der Waals surface area contributed by atoms with Crippen LogP contribution in [0.5, 0.6) is 0 Å². The van der Waals surface area contributed by atoms with Gasteiger partial charge < -0.3 is 0 Å². The average molecular weight is 279 g/mol. The van der Waals surface area contributed by atoms with Crippen LogP contribution in [0.1, 0.15) is 0 Å². The lowest BCUT2D eigenvalue weighted by molar-refractivity contribution is -0.384. The zero-order chi connectivity index (χ0) is 14.0. The molecule has 0 aliphatic carbocycles. The smallest absolute Gasteiger partial charge is 0.282 e. The first-order chi connectivity index (χ1) is 8.89. The molecule has 0 aliphatic rings. The standard InChI is InChI=1S/C12H9NO5S/c14-13(15)10-7-5-9(6-8-10)11-3-1-2-4-12(11)19(16,17)18/h1-8H,(H,16,17,18). The number of rotatable bonds is 3. The number of benzene rings is 2. The predicted molar refractivity (Wildman–Crippen MR) is 68.3 cm³/mol. The first-order valence-electron chi connectivity index (χ1n) is 5.21. The maximum atomic E-state index is 11.2. The third-order valence-corrected chi connectivity index (χ3v) is 3.47. The molecule has 1 N–H and O–H groups in total. The van der Waals surface area contributed by atoms with Gasteiger partial charge in [0.1, 0.15) is 4.90 Å². The molecular formula is C12H9NO5S. The van der Waals surface area contributed by atoms with Gasteiger partial charge >= 0.3 is 0 Å². The van der Waals surface area contributed by atoms with Crippen LogP contribution in [0.15, 0.2) is 53.4 Å². The molecule has 0 aliphatic heterocycles. The van der Waals surface area contributed by atoms with E-state index in [4.69, 9.17) is 4.55 Å². The number of nitrogens with zero attached hydrogens (tertiary/aromatic N) is 1. The van der Waals surface area contributed by atoms with Crippen molar-refractivity contribution >= 4 is 15.8 Å². The highest BCUT2D eigenvalue weighted by Gasteiger charge is 2.16. The van der Waals surface area contributed by atoms with Gasteiger partial charge in [-0.05, 0) is 23.8 Å². The van der Waals surface area contributed by atoms with Crippen LogP contribution in [-0.4, -0.2) is 17.9 Å². The van der Waals surface area contributed by atoms with Crippen LogP contribution in [0.3, 0.4) is 0 Å². The topological polar surface area (TPSA) is 97.5 Å². The van der Waals surface area contributed by atoms with E-state index in [1.54, 1.807) is 6.07 Å². The van der Waals surface area contributed by atoms with Gasteiger partial charge in [0.15, 0.2) is 0 Å². The normalized spacial score (nSPS) is 11.2. The SMILES string of the molecule is O=[N+]([O-])c1ccc(-c2ccccc2S(=O)(=O)O)cc1. The Morgan fingerprint density at radius 1 is 1.00 bits per heavy atom. The minimum atomic E-state index is -4.34. The lowest BCUT2D eigenvalue weighted by atomic mass is 10.1. The molecule has 6 nitrogen and oxygen atoms in total. The van der Waals surface area contributed by atoms with E-state index in [1.807, 2.05) is 0 Å². The van der Waals surface area contributed by atoms with Crippen molar-refractivity contribution in [3.63, 3.8) is 0 Å². The molecule has 19 heavy (non-hydrogen) atoms. The van der Waals surface area contributed by atoms with Gasteiger partial charge in [0.05, 0.1) is 4.92 Å². The highest BCUT2D eigenvalue weighted by molar-refractivity contribution is 7.86. The van der Waals surface area contributed by atoms with Crippen LogP contribution in [0.2, 0.25) is 0 Å². The van der Waals surface area contributed by atoms with Gasteiger partial charge in [-0.1, -0.05) is 18.2 Å². The van der Waals surface area contributed by atoms with E-state index in [0.717, 1.165) is 0 Å². The Morgan fingerprint density at radius 2 is 1.58 bits per heavy atom. The van der Waals surface area contributed by atoms with Gasteiger partial charge in [-0.2, -0.15) is 8.42 Å². The summed E-state index contributed by atoms with van der Waals surface area (Å²) in [4.78, 5) is 9.77. The summed E-state index contributed by atoms with van der Waals surface area (Å²) in [6.07, 6.45) is 0. The number of non-ortho nitro benzene ring substituents is 1. The van der Waals surface area contributed by atoms with Crippen molar-refractivity contribution in [2.24, 2.45) is 0 Å². The van der Waals surface area contributed by atoms with Crippen molar-refractivity contribution in [2.45, 2.75) is 4.90 Å². The van der Waals surface area contributed by atoms with Crippen LogP contribution >= 0.6 is 0 Å². The molecule has 0 fully saturated rings. The minimum Gasteiger partial charge on any atom is -0.282 e. The fourth-order valence-corrected chi connectivity index (χ4v) is 2.41. The highest BCUT2D eigenvalue weighted by atomic mass is 32.2. The summed E-state index contributed by atoms with van der Waals surface area (Å²) in [5.41, 5.74) is 0.673. The molecule has 0 atom stereocenters. The van der Waals surface area contributed by atoms with Crippen LogP contribution in [0, 0.1) is 10.1 Å². The van der Waals surface area contributed by atoms with E-state index >= 15 is 0 Å². The molecule has 0 unspecified atom stereocenters. The molecule has 0 bridgehead atoms. The molecule has 98 valence electrons. The number of hydrogen-bond donors (Lipinski definition) is 1. The second kappa shape index (κ2) is 4.79. The molecule has 0 saturated carbocycles. The molecular weight excluding hydrogens is 270 g/mol. The van der Waals surface area contributed by atoms with Gasteiger partial charge in [-0.25, -0.2) is 0 Å². The van der Waals surface area contributed by atoms with Gasteiger partial charge in [0.25, 0.3) is 15.8 Å².